The van der Waals surface area contributed by atoms with Crippen LogP contribution in [0.25, 0.3) is 11.1 Å². The number of carbonyl (C=O) groups excluding carboxylic acids is 8. The van der Waals surface area contributed by atoms with Gasteiger partial charge in [0, 0.05) is 41.2 Å². The van der Waals surface area contributed by atoms with Crippen molar-refractivity contribution in [3.8, 4) is 51.4 Å². The molecule has 3 fully saturated rings. The van der Waals surface area contributed by atoms with Gasteiger partial charge in [0.15, 0.2) is 24.7 Å². The third-order valence-electron chi connectivity index (χ3n) is 21.9. The van der Waals surface area contributed by atoms with E-state index in [-0.39, 0.29) is 62.1 Å². The zero-order valence-electron chi connectivity index (χ0n) is 66.3. The zero-order chi connectivity index (χ0) is 85.9. The van der Waals surface area contributed by atoms with Gasteiger partial charge in [-0.05, 0) is 149 Å². The van der Waals surface area contributed by atoms with Gasteiger partial charge in [0.1, 0.15) is 144 Å². The highest BCUT2D eigenvalue weighted by atomic mass is 16.8. The number of aliphatic hydroxyl groups is 10. The van der Waals surface area contributed by atoms with Crippen molar-refractivity contribution in [2.45, 2.75) is 215 Å². The molecule has 7 amide bonds. The van der Waals surface area contributed by atoms with E-state index < -0.39 is 237 Å². The normalized spacial score (nSPS) is 31.0. The number of phenols is 3. The van der Waals surface area contributed by atoms with Crippen molar-refractivity contribution >= 4 is 47.1 Å². The molecule has 8 heterocycles. The average Bonchev–Trinajstić information content (AvgIpc) is 0.581. The van der Waals surface area contributed by atoms with Gasteiger partial charge in [-0.25, -0.2) is 0 Å². The smallest absolute Gasteiger partial charge is 0.248 e. The fraction of sp³-hybridized carbons (Fsp3) is 0.525. The number of aromatic hydroxyl groups is 3. The van der Waals surface area contributed by atoms with Crippen molar-refractivity contribution in [1.29, 1.82) is 0 Å². The van der Waals surface area contributed by atoms with Crippen LogP contribution in [0.2, 0.25) is 0 Å². The summed E-state index contributed by atoms with van der Waals surface area (Å²) in [6.07, 6.45) is -22.3. The van der Waals surface area contributed by atoms with Gasteiger partial charge >= 0.3 is 0 Å². The molecule has 37 heteroatoms. The van der Waals surface area contributed by atoms with E-state index in [9.17, 15) is 95.2 Å². The van der Waals surface area contributed by atoms with E-state index in [4.69, 9.17) is 43.6 Å². The fourth-order valence-corrected chi connectivity index (χ4v) is 14.9. The number of methoxy groups -OCH3 is 1. The number of primary amides is 1. The number of rotatable bonds is 16. The number of amides is 7. The summed E-state index contributed by atoms with van der Waals surface area (Å²) in [5.74, 6) is -10.1. The molecule has 13 rings (SSSR count). The van der Waals surface area contributed by atoms with Crippen LogP contribution in [0.5, 0.6) is 40.2 Å². The number of ether oxygens (including phenoxy) is 8. The number of fused-ring (bicyclic) bond motifs is 15. The molecule has 0 spiro atoms. The lowest BCUT2D eigenvalue weighted by Crippen LogP contribution is -2.66. The van der Waals surface area contributed by atoms with Crippen LogP contribution in [0.1, 0.15) is 128 Å². The fourth-order valence-electron chi connectivity index (χ4n) is 14.9. The molecule has 5 aromatic rings. The minimum Gasteiger partial charge on any atom is -0.508 e. The molecule has 3 saturated heterocycles. The van der Waals surface area contributed by atoms with Crippen LogP contribution in [-0.4, -0.2) is 270 Å². The predicted octanol–water partition coefficient (Wildman–Crippen LogP) is -1.11. The van der Waals surface area contributed by atoms with Crippen molar-refractivity contribution in [3.63, 3.8) is 0 Å². The summed E-state index contributed by atoms with van der Waals surface area (Å²) in [5.41, 5.74) is 7.13. The minimum absolute atomic E-state index is 0.0276. The molecule has 21 N–H and O–H groups in total. The molecule has 117 heavy (non-hydrogen) atoms. The van der Waals surface area contributed by atoms with E-state index in [1.807, 2.05) is 13.8 Å². The molecule has 24 atom stereocenters. The summed E-state index contributed by atoms with van der Waals surface area (Å²) in [6.45, 7) is 12.7. The molecular formula is C80H104N8O29. The third kappa shape index (κ3) is 19.2. The first-order valence-corrected chi connectivity index (χ1v) is 38.0. The number of carbonyl (C=O) groups is 8. The van der Waals surface area contributed by atoms with Crippen molar-refractivity contribution in [3.05, 3.63) is 123 Å². The van der Waals surface area contributed by atoms with Crippen LogP contribution in [0.3, 0.4) is 0 Å². The van der Waals surface area contributed by atoms with Gasteiger partial charge < -0.3 is 142 Å². The maximum atomic E-state index is 15.6. The zero-order valence-corrected chi connectivity index (χ0v) is 66.3. The van der Waals surface area contributed by atoms with Gasteiger partial charge in [0.2, 0.25) is 41.4 Å². The second kappa shape index (κ2) is 37.5. The number of ketones is 1. The van der Waals surface area contributed by atoms with E-state index in [2.05, 4.69) is 31.9 Å². The summed E-state index contributed by atoms with van der Waals surface area (Å²) in [6, 6.07) is 6.16. The number of nitrogens with two attached hydrogens (primary N) is 1. The Balaban J connectivity index is 0.000000343. The molecule has 24 unspecified atom stereocenters. The SMILES string of the molecule is CC(=O)C1NC(=O)C2NC(=O)C(NC(=O)C3NC(=O)C(CC(N)=O)NC(=O)C(NC(=O)C(CC(C)C)N(C)C)C(O)c4ccc(c(C)c4)Oc4cc3cc(c4C)Oc3ccc(cc3C)C2C)c2ccc(O)c(c2)-c2c1cc(O)c(C)c2O.COC1OC(CO)C(OC2OC(CO)C(OC3OC(CO)C(O)C(O)C3C)C(O)C2O)C(O)C1O. The van der Waals surface area contributed by atoms with Gasteiger partial charge in [-0.15, -0.1) is 0 Å². The van der Waals surface area contributed by atoms with E-state index >= 15 is 9.59 Å². The first kappa shape index (κ1) is 89.7. The summed E-state index contributed by atoms with van der Waals surface area (Å²) in [4.78, 5) is 118. The second-order valence-corrected chi connectivity index (χ2v) is 30.9. The number of hydrogen-bond acceptors (Lipinski definition) is 30. The van der Waals surface area contributed by atoms with Crippen LogP contribution in [0.4, 0.5) is 0 Å². The molecule has 0 aromatic heterocycles. The summed E-state index contributed by atoms with van der Waals surface area (Å²) < 4.78 is 45.8. The number of benzene rings is 5. The number of aliphatic hydroxyl groups excluding tert-OH is 10. The van der Waals surface area contributed by atoms with Crippen molar-refractivity contribution in [2.75, 3.05) is 41.0 Å². The van der Waals surface area contributed by atoms with Crippen molar-refractivity contribution < 1.29 is 143 Å². The summed E-state index contributed by atoms with van der Waals surface area (Å²) in [5, 5.41) is 154. The molecule has 37 nitrogen and oxygen atoms in total. The Morgan fingerprint density at radius 3 is 1.65 bits per heavy atom. The maximum Gasteiger partial charge on any atom is 0.248 e. The molecule has 8 aliphatic rings. The van der Waals surface area contributed by atoms with Crippen LogP contribution in [0, 0.1) is 39.5 Å². The number of nitrogens with one attached hydrogen (secondary N) is 6. The summed E-state index contributed by atoms with van der Waals surface area (Å²) in [7, 11) is 4.59. The van der Waals surface area contributed by atoms with E-state index in [0.29, 0.717) is 34.4 Å². The van der Waals surface area contributed by atoms with Gasteiger partial charge in [-0.2, -0.15) is 0 Å². The average molecular weight is 1640 g/mol. The molecule has 0 radical (unpaired) electrons. The van der Waals surface area contributed by atoms with Crippen LogP contribution in [-0.2, 0) is 66.8 Å². The lowest BCUT2D eigenvalue weighted by Gasteiger charge is -2.48. The lowest BCUT2D eigenvalue weighted by atomic mass is 9.86. The van der Waals surface area contributed by atoms with Crippen LogP contribution >= 0.6 is 0 Å². The summed E-state index contributed by atoms with van der Waals surface area (Å²) >= 11 is 0. The van der Waals surface area contributed by atoms with Gasteiger partial charge in [0.05, 0.1) is 38.4 Å². The van der Waals surface area contributed by atoms with Gasteiger partial charge in [0.25, 0.3) is 0 Å². The van der Waals surface area contributed by atoms with Crippen molar-refractivity contribution in [2.24, 2.45) is 17.6 Å². The number of aryl methyl sites for hydroxylation is 2. The topological polar surface area (TPSA) is 575 Å². The van der Waals surface area contributed by atoms with Crippen LogP contribution in [0.15, 0.2) is 72.8 Å². The van der Waals surface area contributed by atoms with E-state index in [1.165, 1.54) is 70.3 Å². The van der Waals surface area contributed by atoms with E-state index in [0.717, 1.165) is 0 Å². The van der Waals surface area contributed by atoms with Gasteiger partial charge in [-0.3, -0.25) is 43.3 Å². The predicted molar refractivity (Wildman–Crippen MR) is 408 cm³/mol. The highest BCUT2D eigenvalue weighted by molar-refractivity contribution is 6.01. The number of nitrogens with zero attached hydrogens (tertiary/aromatic N) is 1. The molecule has 0 aliphatic carbocycles. The Kier molecular flexibility index (Phi) is 28.8. The van der Waals surface area contributed by atoms with E-state index in [1.54, 1.807) is 77.0 Å². The third-order valence-corrected chi connectivity index (χ3v) is 21.9. The Bertz CT molecular complexity index is 4510. The first-order valence-electron chi connectivity index (χ1n) is 38.0. The molecule has 5 aromatic carbocycles. The Labute approximate surface area is 672 Å². The highest BCUT2D eigenvalue weighted by Crippen LogP contribution is 2.48. The minimum atomic E-state index is -1.91. The highest BCUT2D eigenvalue weighted by Gasteiger charge is 2.54. The van der Waals surface area contributed by atoms with Crippen LogP contribution < -0.4 is 47.1 Å². The number of Topliss-reactive ketones (excluding diaryl/α,β-unsaturated/α-hetero) is 1. The standard InChI is InChI=1S/C60H68N8O14.C20H36O15/c1-25(2)17-39(68(9)10)56(76)67-52-54(74)34-13-16-43(27(4)19-34)82-45-22-35-21-44(30(45)7)81-42-15-12-32(18-26(42)3)28(5)48-57(77)64-49(31(8)69)37-23-41(71)29(6)53(73)47(37)36-20-33(11-14-40(36)70)50(58(78)63-48)66-59(79)51(35)65-55(75)38(24-46(61)72)62-60(52)80;1-6-10(24)11(25)7(3-21)31-18(6)34-16-9(5-23)33-20(15(29)13(16)27)35-17-8(4-22)32-19(30-2)14(28)12(17)26/h11-16,18-23,25,28,38-39,48-52,54,70-71,73-74H,17,24H2,1-10H3,(H2,61,72)(H,62,80)(H,63,78)(H,64,77)(H,65,75)(H,66,79)(H,67,76);6-29H,3-5H2,1-2H3. The maximum absolute atomic E-state index is 15.6. The molecule has 8 aliphatic heterocycles. The lowest BCUT2D eigenvalue weighted by molar-refractivity contribution is -0.375. The first-order chi connectivity index (χ1) is 55.2. The second-order valence-electron chi connectivity index (χ2n) is 30.9. The molecule has 638 valence electrons. The quantitative estimate of drug-likeness (QED) is 0.0557. The monoisotopic (exact) mass is 1640 g/mol. The number of phenolic OH excluding ortho intramolecular Hbond substituents is 3. The Hall–Kier alpha value is -9.62. The molecule has 11 bridgehead atoms. The van der Waals surface area contributed by atoms with Gasteiger partial charge in [-0.1, -0.05) is 52.0 Å². The van der Waals surface area contributed by atoms with Crippen molar-refractivity contribution in [1.82, 2.24) is 36.8 Å². The molecule has 0 saturated carbocycles. The number of likely N-dealkylation sites (N-methyl/N-ethyl adjacent to an activating group) is 1. The Morgan fingerprint density at radius 2 is 1.09 bits per heavy atom. The number of hydrogen-bond donors (Lipinski definition) is 20. The molecular weight excluding hydrogens is 1540 g/mol. The largest absolute Gasteiger partial charge is 0.508 e. The Morgan fingerprint density at radius 1 is 0.564 bits per heavy atom.